The van der Waals surface area contributed by atoms with Gasteiger partial charge in [-0.1, -0.05) is 35.9 Å². The number of nitrogens with zero attached hydrogens (tertiary/aromatic N) is 1. The van der Waals surface area contributed by atoms with Crippen LogP contribution in [-0.2, 0) is 11.3 Å². The number of H-pyrrole nitrogens is 1. The van der Waals surface area contributed by atoms with Gasteiger partial charge in [0.15, 0.2) is 0 Å². The second-order valence-corrected chi connectivity index (χ2v) is 6.63. The third-order valence-electron chi connectivity index (χ3n) is 4.11. The molecule has 2 aromatic carbocycles. The maximum atomic E-state index is 12.6. The predicted octanol–water partition coefficient (Wildman–Crippen LogP) is 1.88. The van der Waals surface area contributed by atoms with Gasteiger partial charge in [-0.3, -0.25) is 19.5 Å². The molecule has 1 aromatic heterocycles. The van der Waals surface area contributed by atoms with Crippen LogP contribution in [0.3, 0.4) is 0 Å². The number of hydrogen-bond acceptors (Lipinski definition) is 4. The van der Waals surface area contributed by atoms with Gasteiger partial charge in [-0.15, -0.1) is 0 Å². The first-order valence-corrected chi connectivity index (χ1v) is 9.05. The summed E-state index contributed by atoms with van der Waals surface area (Å²) in [6.07, 6.45) is 1.46. The summed E-state index contributed by atoms with van der Waals surface area (Å²) in [5, 5.41) is 12.6. The van der Waals surface area contributed by atoms with Crippen LogP contribution < -0.4 is 16.4 Å². The fourth-order valence-electron chi connectivity index (χ4n) is 2.62. The fraction of sp³-hybridized carbons (Fsp3) is 0.100. The van der Waals surface area contributed by atoms with E-state index in [1.807, 2.05) is 0 Å². The Labute approximate surface area is 171 Å². The average molecular weight is 412 g/mol. The minimum absolute atomic E-state index is 0.225. The first kappa shape index (κ1) is 20.1. The van der Waals surface area contributed by atoms with Gasteiger partial charge >= 0.3 is 0 Å². The van der Waals surface area contributed by atoms with E-state index in [-0.39, 0.29) is 19.0 Å². The molecule has 0 saturated heterocycles. The minimum Gasteiger partial charge on any atom is -0.368 e. The van der Waals surface area contributed by atoms with Crippen molar-refractivity contribution in [3.05, 3.63) is 76.4 Å². The molecule has 0 aliphatic carbocycles. The molecule has 3 aromatic rings. The van der Waals surface area contributed by atoms with Crippen LogP contribution in [0.1, 0.15) is 26.3 Å². The summed E-state index contributed by atoms with van der Waals surface area (Å²) in [6, 6.07) is 13.7. The van der Waals surface area contributed by atoms with E-state index in [0.29, 0.717) is 21.8 Å². The van der Waals surface area contributed by atoms with Gasteiger partial charge in [0.05, 0.1) is 24.0 Å². The first-order valence-electron chi connectivity index (χ1n) is 8.67. The van der Waals surface area contributed by atoms with E-state index in [0.717, 1.165) is 11.1 Å². The molecule has 148 valence electrons. The maximum absolute atomic E-state index is 12.6. The zero-order valence-corrected chi connectivity index (χ0v) is 16.0. The van der Waals surface area contributed by atoms with Crippen molar-refractivity contribution in [2.45, 2.75) is 6.54 Å². The molecule has 0 spiro atoms. The van der Waals surface area contributed by atoms with Gasteiger partial charge in [0.1, 0.15) is 0 Å². The highest BCUT2D eigenvalue weighted by Crippen LogP contribution is 2.23. The Balaban J connectivity index is 1.61. The van der Waals surface area contributed by atoms with Crippen molar-refractivity contribution in [1.82, 2.24) is 20.8 Å². The number of rotatable bonds is 7. The quantitative estimate of drug-likeness (QED) is 0.472. The molecular formula is C20H18ClN5O3. The number of amides is 3. The highest BCUT2D eigenvalue weighted by molar-refractivity contribution is 6.30. The van der Waals surface area contributed by atoms with Crippen LogP contribution in [0.4, 0.5) is 0 Å². The molecule has 9 heteroatoms. The topological polar surface area (TPSA) is 130 Å². The highest BCUT2D eigenvalue weighted by Gasteiger charge is 2.15. The molecule has 0 unspecified atom stereocenters. The summed E-state index contributed by atoms with van der Waals surface area (Å²) in [7, 11) is 0. The zero-order chi connectivity index (χ0) is 20.8. The van der Waals surface area contributed by atoms with Crippen LogP contribution in [0.25, 0.3) is 11.3 Å². The molecular weight excluding hydrogens is 394 g/mol. The molecule has 8 nitrogen and oxygen atoms in total. The van der Waals surface area contributed by atoms with Crippen molar-refractivity contribution >= 4 is 29.3 Å². The number of nitrogens with two attached hydrogens (primary N) is 1. The molecule has 5 N–H and O–H groups in total. The molecule has 0 aliphatic heterocycles. The molecule has 0 fully saturated rings. The van der Waals surface area contributed by atoms with E-state index in [9.17, 15) is 14.4 Å². The second-order valence-electron chi connectivity index (χ2n) is 6.19. The molecule has 0 bridgehead atoms. The summed E-state index contributed by atoms with van der Waals surface area (Å²) in [4.78, 5) is 35.1. The molecule has 0 atom stereocenters. The standard InChI is InChI=1S/C20H18ClN5O3/c21-15-7-5-13(6-8-15)18-16(10-25-26-18)20(29)23-9-12-1-3-14(4-2-12)19(28)24-11-17(22)27/h1-8,10H,9,11H2,(H2,22,27)(H,23,29)(H,24,28)(H,25,26). The molecule has 29 heavy (non-hydrogen) atoms. The Morgan fingerprint density at radius 3 is 2.31 bits per heavy atom. The van der Waals surface area contributed by atoms with Crippen molar-refractivity contribution < 1.29 is 14.4 Å². The average Bonchev–Trinajstić information content (AvgIpc) is 3.21. The Hall–Kier alpha value is -3.65. The number of carbonyl (C=O) groups is 3. The summed E-state index contributed by atoms with van der Waals surface area (Å²) >= 11 is 5.90. The lowest BCUT2D eigenvalue weighted by molar-refractivity contribution is -0.117. The largest absolute Gasteiger partial charge is 0.368 e. The molecule has 0 saturated carbocycles. The van der Waals surface area contributed by atoms with Gasteiger partial charge in [-0.05, 0) is 29.8 Å². The lowest BCUT2D eigenvalue weighted by Crippen LogP contribution is -2.33. The maximum Gasteiger partial charge on any atom is 0.255 e. The van der Waals surface area contributed by atoms with E-state index in [2.05, 4.69) is 20.8 Å². The van der Waals surface area contributed by atoms with E-state index >= 15 is 0 Å². The number of aromatic amines is 1. The normalized spacial score (nSPS) is 10.4. The van der Waals surface area contributed by atoms with Gasteiger partial charge in [-0.25, -0.2) is 0 Å². The van der Waals surface area contributed by atoms with E-state index < -0.39 is 11.8 Å². The van der Waals surface area contributed by atoms with Crippen LogP contribution in [0.5, 0.6) is 0 Å². The Kier molecular flexibility index (Phi) is 6.25. The number of halogens is 1. The van der Waals surface area contributed by atoms with Gasteiger partial charge in [-0.2, -0.15) is 5.10 Å². The third-order valence-corrected chi connectivity index (χ3v) is 4.36. The summed E-state index contributed by atoms with van der Waals surface area (Å²) in [5.74, 6) is -1.30. The Morgan fingerprint density at radius 2 is 1.66 bits per heavy atom. The van der Waals surface area contributed by atoms with E-state index in [1.54, 1.807) is 48.5 Å². The van der Waals surface area contributed by atoms with Gasteiger partial charge in [0.2, 0.25) is 5.91 Å². The van der Waals surface area contributed by atoms with Crippen molar-refractivity contribution in [2.24, 2.45) is 5.73 Å². The smallest absolute Gasteiger partial charge is 0.255 e. The molecule has 0 aliphatic rings. The van der Waals surface area contributed by atoms with Crippen molar-refractivity contribution in [3.63, 3.8) is 0 Å². The summed E-state index contributed by atoms with van der Waals surface area (Å²) < 4.78 is 0. The lowest BCUT2D eigenvalue weighted by atomic mass is 10.1. The third kappa shape index (κ3) is 5.20. The number of benzene rings is 2. The van der Waals surface area contributed by atoms with Crippen molar-refractivity contribution in [3.8, 4) is 11.3 Å². The van der Waals surface area contributed by atoms with Gasteiger partial charge in [0, 0.05) is 22.7 Å². The number of primary amides is 1. The Morgan fingerprint density at radius 1 is 0.966 bits per heavy atom. The second kappa shape index (κ2) is 9.03. The van der Waals surface area contributed by atoms with E-state index in [4.69, 9.17) is 17.3 Å². The highest BCUT2D eigenvalue weighted by atomic mass is 35.5. The molecule has 1 heterocycles. The minimum atomic E-state index is -0.616. The lowest BCUT2D eigenvalue weighted by Gasteiger charge is -2.08. The van der Waals surface area contributed by atoms with Crippen LogP contribution in [0.15, 0.2) is 54.7 Å². The van der Waals surface area contributed by atoms with Crippen LogP contribution >= 0.6 is 11.6 Å². The predicted molar refractivity (Wildman–Crippen MR) is 108 cm³/mol. The number of hydrogen-bond donors (Lipinski definition) is 4. The van der Waals surface area contributed by atoms with Crippen molar-refractivity contribution in [1.29, 1.82) is 0 Å². The van der Waals surface area contributed by atoms with Crippen LogP contribution in [0, 0.1) is 0 Å². The summed E-state index contributed by atoms with van der Waals surface area (Å²) in [5.41, 5.74) is 8.00. The number of nitrogens with one attached hydrogen (secondary N) is 3. The molecule has 0 radical (unpaired) electrons. The summed E-state index contributed by atoms with van der Waals surface area (Å²) in [6.45, 7) is 0.0462. The number of aromatic nitrogens is 2. The van der Waals surface area contributed by atoms with Crippen LogP contribution in [-0.4, -0.2) is 34.5 Å². The monoisotopic (exact) mass is 411 g/mol. The fourth-order valence-corrected chi connectivity index (χ4v) is 2.74. The Bertz CT molecular complexity index is 1030. The molecule has 3 amide bonds. The van der Waals surface area contributed by atoms with Crippen LogP contribution in [0.2, 0.25) is 5.02 Å². The first-order chi connectivity index (χ1) is 13.9. The number of carbonyl (C=O) groups excluding carboxylic acids is 3. The van der Waals surface area contributed by atoms with Gasteiger partial charge in [0.25, 0.3) is 11.8 Å². The molecule has 3 rings (SSSR count). The SMILES string of the molecule is NC(=O)CNC(=O)c1ccc(CNC(=O)c2cn[nH]c2-c2ccc(Cl)cc2)cc1. The van der Waals surface area contributed by atoms with Crippen molar-refractivity contribution in [2.75, 3.05) is 6.54 Å². The zero-order valence-electron chi connectivity index (χ0n) is 15.2. The van der Waals surface area contributed by atoms with E-state index in [1.165, 1.54) is 6.20 Å². The van der Waals surface area contributed by atoms with Gasteiger partial charge < -0.3 is 16.4 Å².